The Hall–Kier alpha value is -2.50. The van der Waals surface area contributed by atoms with Gasteiger partial charge in [0.05, 0.1) is 11.3 Å². The quantitative estimate of drug-likeness (QED) is 0.869. The molecule has 0 unspecified atom stereocenters. The predicted molar refractivity (Wildman–Crippen MR) is 76.1 cm³/mol. The zero-order chi connectivity index (χ0) is 15.9. The Morgan fingerprint density at radius 3 is 2.43 bits per heavy atom. The van der Waals surface area contributed by atoms with Gasteiger partial charge in [0.15, 0.2) is 0 Å². The van der Waals surface area contributed by atoms with Gasteiger partial charge in [0.1, 0.15) is 5.69 Å². The fraction of sp³-hybridized carbons (Fsp3) is 0.333. The van der Waals surface area contributed by atoms with Gasteiger partial charge in [-0.1, -0.05) is 13.8 Å². The maximum atomic E-state index is 12.5. The summed E-state index contributed by atoms with van der Waals surface area (Å²) in [6.45, 7) is 4.97. The summed E-state index contributed by atoms with van der Waals surface area (Å²) >= 11 is 0. The van der Waals surface area contributed by atoms with Crippen LogP contribution >= 0.6 is 0 Å². The van der Waals surface area contributed by atoms with Crippen molar-refractivity contribution in [2.24, 2.45) is 13.0 Å². The summed E-state index contributed by atoms with van der Waals surface area (Å²) in [5.41, 5.74) is 0.260. The normalized spacial score (nSPS) is 14.0. The molecule has 6 nitrogen and oxygen atoms in total. The van der Waals surface area contributed by atoms with Gasteiger partial charge in [-0.05, 0) is 12.5 Å². The molecule has 6 heteroatoms. The molecule has 1 aromatic heterocycles. The monoisotopic (exact) mass is 288 g/mol. The molecule has 21 heavy (non-hydrogen) atoms. The van der Waals surface area contributed by atoms with Crippen molar-refractivity contribution in [1.29, 1.82) is 0 Å². The highest BCUT2D eigenvalue weighted by molar-refractivity contribution is 6.25. The molecular weight excluding hydrogens is 272 g/mol. The SMILES string of the molecule is Cc1cc(=O)n(C)c2c1C(=O)C(NC(=O)C(C)C)=CC2=O. The van der Waals surface area contributed by atoms with Crippen LogP contribution in [0.2, 0.25) is 0 Å². The fourth-order valence-corrected chi connectivity index (χ4v) is 2.16. The van der Waals surface area contributed by atoms with Crippen molar-refractivity contribution < 1.29 is 14.4 Å². The second-order valence-electron chi connectivity index (χ2n) is 5.34. The van der Waals surface area contributed by atoms with Crippen LogP contribution in [-0.2, 0) is 11.8 Å². The van der Waals surface area contributed by atoms with E-state index in [0.29, 0.717) is 5.56 Å². The predicted octanol–water partition coefficient (Wildman–Crippen LogP) is 0.729. The van der Waals surface area contributed by atoms with Gasteiger partial charge in [-0.3, -0.25) is 19.2 Å². The first-order chi connectivity index (χ1) is 9.73. The number of pyridine rings is 1. The van der Waals surface area contributed by atoms with Gasteiger partial charge in [-0.2, -0.15) is 0 Å². The number of allylic oxidation sites excluding steroid dienone is 2. The number of aryl methyl sites for hydroxylation is 1. The van der Waals surface area contributed by atoms with E-state index in [2.05, 4.69) is 5.32 Å². The summed E-state index contributed by atoms with van der Waals surface area (Å²) in [4.78, 5) is 48.1. The summed E-state index contributed by atoms with van der Waals surface area (Å²) in [6.07, 6.45) is 1.07. The Bertz CT molecular complexity index is 754. The molecule has 1 aliphatic carbocycles. The van der Waals surface area contributed by atoms with Gasteiger partial charge in [0, 0.05) is 25.1 Å². The standard InChI is InChI=1S/C15H16N2O4/c1-7(2)15(21)16-9-6-10(18)13-12(14(9)20)8(3)5-11(19)17(13)4/h5-7H,1-4H3,(H,16,21). The van der Waals surface area contributed by atoms with Crippen molar-refractivity contribution in [2.75, 3.05) is 0 Å². The number of carbonyl (C=O) groups excluding carboxylic acids is 3. The number of fused-ring (bicyclic) bond motifs is 1. The first-order valence-electron chi connectivity index (χ1n) is 6.56. The van der Waals surface area contributed by atoms with Crippen molar-refractivity contribution >= 4 is 17.5 Å². The largest absolute Gasteiger partial charge is 0.322 e. The second kappa shape index (κ2) is 5.12. The average Bonchev–Trinajstić information content (AvgIpc) is 2.39. The number of rotatable bonds is 2. The first-order valence-corrected chi connectivity index (χ1v) is 6.56. The first kappa shape index (κ1) is 14.9. The molecule has 0 spiro atoms. The minimum absolute atomic E-state index is 0.0482. The third-order valence-electron chi connectivity index (χ3n) is 3.40. The highest BCUT2D eigenvalue weighted by Crippen LogP contribution is 2.21. The van der Waals surface area contributed by atoms with Crippen LogP contribution in [0, 0.1) is 12.8 Å². The van der Waals surface area contributed by atoms with Crippen LogP contribution in [0.3, 0.4) is 0 Å². The number of Topliss-reactive ketones (excluding diaryl/α,β-unsaturated/α-hetero) is 1. The fourth-order valence-electron chi connectivity index (χ4n) is 2.16. The molecule has 110 valence electrons. The van der Waals surface area contributed by atoms with Gasteiger partial charge in [-0.25, -0.2) is 0 Å². The molecule has 0 radical (unpaired) electrons. The maximum absolute atomic E-state index is 12.5. The van der Waals surface area contributed by atoms with E-state index in [1.165, 1.54) is 13.1 Å². The Kier molecular flexibility index (Phi) is 3.63. The molecule has 1 N–H and O–H groups in total. The van der Waals surface area contributed by atoms with E-state index in [4.69, 9.17) is 0 Å². The lowest BCUT2D eigenvalue weighted by atomic mass is 9.93. The van der Waals surface area contributed by atoms with E-state index < -0.39 is 11.6 Å². The molecule has 1 heterocycles. The molecule has 0 atom stereocenters. The molecule has 2 rings (SSSR count). The molecule has 0 aromatic carbocycles. The Morgan fingerprint density at radius 2 is 1.86 bits per heavy atom. The van der Waals surface area contributed by atoms with Crippen LogP contribution in [0.15, 0.2) is 22.6 Å². The number of nitrogens with zero attached hydrogens (tertiary/aromatic N) is 1. The lowest BCUT2D eigenvalue weighted by Gasteiger charge is -2.20. The molecule has 1 aliphatic rings. The number of hydrogen-bond acceptors (Lipinski definition) is 4. The third kappa shape index (κ3) is 2.44. The summed E-state index contributed by atoms with van der Waals surface area (Å²) in [5.74, 6) is -1.57. The summed E-state index contributed by atoms with van der Waals surface area (Å²) in [6, 6.07) is 1.30. The molecule has 0 aliphatic heterocycles. The van der Waals surface area contributed by atoms with E-state index >= 15 is 0 Å². The molecule has 0 fully saturated rings. The van der Waals surface area contributed by atoms with Crippen LogP contribution in [0.1, 0.15) is 40.3 Å². The van der Waals surface area contributed by atoms with E-state index in [-0.39, 0.29) is 34.3 Å². The van der Waals surface area contributed by atoms with Crippen molar-refractivity contribution in [3.8, 4) is 0 Å². The van der Waals surface area contributed by atoms with Gasteiger partial charge in [0.2, 0.25) is 17.5 Å². The number of aromatic nitrogens is 1. The van der Waals surface area contributed by atoms with Crippen LogP contribution in [0.4, 0.5) is 0 Å². The minimum Gasteiger partial charge on any atom is -0.322 e. The highest BCUT2D eigenvalue weighted by atomic mass is 16.2. The summed E-state index contributed by atoms with van der Waals surface area (Å²) < 4.78 is 1.15. The van der Waals surface area contributed by atoms with E-state index in [1.54, 1.807) is 20.8 Å². The molecule has 0 saturated heterocycles. The zero-order valence-electron chi connectivity index (χ0n) is 12.3. The van der Waals surface area contributed by atoms with Crippen molar-refractivity contribution in [3.05, 3.63) is 45.0 Å². The Labute approximate surface area is 121 Å². The number of carbonyl (C=O) groups is 3. The van der Waals surface area contributed by atoms with Gasteiger partial charge in [-0.15, -0.1) is 0 Å². The van der Waals surface area contributed by atoms with Gasteiger partial charge < -0.3 is 9.88 Å². The summed E-state index contributed by atoms with van der Waals surface area (Å²) in [5, 5.41) is 2.47. The number of amides is 1. The molecule has 1 amide bonds. The van der Waals surface area contributed by atoms with Crippen molar-refractivity contribution in [3.63, 3.8) is 0 Å². The maximum Gasteiger partial charge on any atom is 0.251 e. The van der Waals surface area contributed by atoms with Gasteiger partial charge in [0.25, 0.3) is 5.56 Å². The average molecular weight is 288 g/mol. The van der Waals surface area contributed by atoms with Crippen LogP contribution in [-0.4, -0.2) is 22.0 Å². The minimum atomic E-state index is -0.466. The number of nitrogens with one attached hydrogen (secondary N) is 1. The summed E-state index contributed by atoms with van der Waals surface area (Å²) in [7, 11) is 1.44. The Morgan fingerprint density at radius 1 is 1.24 bits per heavy atom. The van der Waals surface area contributed by atoms with Crippen LogP contribution in [0.25, 0.3) is 0 Å². The number of hydrogen-bond donors (Lipinski definition) is 1. The van der Waals surface area contributed by atoms with E-state index in [9.17, 15) is 19.2 Å². The third-order valence-corrected chi connectivity index (χ3v) is 3.40. The molecular formula is C15H16N2O4. The second-order valence-corrected chi connectivity index (χ2v) is 5.34. The van der Waals surface area contributed by atoms with Crippen molar-refractivity contribution in [1.82, 2.24) is 9.88 Å². The molecule has 0 bridgehead atoms. The molecule has 0 saturated carbocycles. The lowest BCUT2D eigenvalue weighted by molar-refractivity contribution is -0.123. The zero-order valence-corrected chi connectivity index (χ0v) is 12.3. The van der Waals surface area contributed by atoms with Crippen LogP contribution in [0.5, 0.6) is 0 Å². The Balaban J connectivity index is 2.56. The van der Waals surface area contributed by atoms with E-state index in [1.807, 2.05) is 0 Å². The molecule has 1 aromatic rings. The smallest absolute Gasteiger partial charge is 0.251 e. The van der Waals surface area contributed by atoms with Gasteiger partial charge >= 0.3 is 0 Å². The highest BCUT2D eigenvalue weighted by Gasteiger charge is 2.30. The topological polar surface area (TPSA) is 85.2 Å². The van der Waals surface area contributed by atoms with E-state index in [0.717, 1.165) is 10.6 Å². The van der Waals surface area contributed by atoms with Crippen molar-refractivity contribution in [2.45, 2.75) is 20.8 Å². The lowest BCUT2D eigenvalue weighted by Crippen LogP contribution is -2.37. The van der Waals surface area contributed by atoms with Crippen LogP contribution < -0.4 is 10.9 Å². The number of ketones is 2.